The first-order valence-corrected chi connectivity index (χ1v) is 7.92. The van der Waals surface area contributed by atoms with Gasteiger partial charge in [0, 0.05) is 31.4 Å². The largest absolute Gasteiger partial charge is 0.390 e. The molecular weight excluding hydrogens is 294 g/mol. The summed E-state index contributed by atoms with van der Waals surface area (Å²) < 4.78 is 7.17. The average Bonchev–Trinajstić information content (AvgIpc) is 3.06. The zero-order valence-electron chi connectivity index (χ0n) is 13.0. The zero-order valence-corrected chi connectivity index (χ0v) is 13.0. The fraction of sp³-hybridized carbons (Fsp3) is 0.471. The Morgan fingerprint density at radius 1 is 1.17 bits per heavy atom. The van der Waals surface area contributed by atoms with Gasteiger partial charge in [-0.2, -0.15) is 5.10 Å². The standard InChI is InChI=1S/C17H23N3O3/c21-16-12-23-11-15(17(16)22)9-18-8-13-2-4-14(5-3-13)10-20-7-1-6-19-20/h1-7,15-18,21-22H,8-12H2/t15-,16-,17+/m1/s1. The van der Waals surface area contributed by atoms with Gasteiger partial charge in [0.1, 0.15) is 6.10 Å². The second kappa shape index (κ2) is 7.70. The van der Waals surface area contributed by atoms with Gasteiger partial charge in [0.2, 0.25) is 0 Å². The molecule has 3 atom stereocenters. The Bertz CT molecular complexity index is 586. The van der Waals surface area contributed by atoms with Crippen LogP contribution in [0.2, 0.25) is 0 Å². The molecule has 2 heterocycles. The zero-order chi connectivity index (χ0) is 16.1. The predicted molar refractivity (Wildman–Crippen MR) is 85.8 cm³/mol. The van der Waals surface area contributed by atoms with Gasteiger partial charge in [0.15, 0.2) is 0 Å². The molecule has 3 N–H and O–H groups in total. The van der Waals surface area contributed by atoms with Gasteiger partial charge in [-0.1, -0.05) is 24.3 Å². The minimum absolute atomic E-state index is 0.0714. The van der Waals surface area contributed by atoms with E-state index in [1.165, 1.54) is 11.1 Å². The number of ether oxygens (including phenoxy) is 1. The quantitative estimate of drug-likeness (QED) is 0.718. The lowest BCUT2D eigenvalue weighted by Gasteiger charge is -2.31. The van der Waals surface area contributed by atoms with E-state index < -0.39 is 12.2 Å². The lowest BCUT2D eigenvalue weighted by Crippen LogP contribution is -2.47. The third-order valence-electron chi connectivity index (χ3n) is 4.16. The lowest BCUT2D eigenvalue weighted by molar-refractivity contribution is -0.119. The smallest absolute Gasteiger partial charge is 0.104 e. The van der Waals surface area contributed by atoms with Crippen molar-refractivity contribution in [3.05, 3.63) is 53.9 Å². The Labute approximate surface area is 135 Å². The van der Waals surface area contributed by atoms with Crippen LogP contribution in [0.3, 0.4) is 0 Å². The van der Waals surface area contributed by atoms with Gasteiger partial charge in [-0.3, -0.25) is 4.68 Å². The molecule has 0 bridgehead atoms. The number of hydrogen-bond acceptors (Lipinski definition) is 5. The summed E-state index contributed by atoms with van der Waals surface area (Å²) in [6.07, 6.45) is 2.23. The maximum atomic E-state index is 9.92. The molecule has 6 nitrogen and oxygen atoms in total. The molecule has 6 heteroatoms. The molecule has 0 unspecified atom stereocenters. The lowest BCUT2D eigenvalue weighted by atomic mass is 9.96. The Morgan fingerprint density at radius 2 is 1.96 bits per heavy atom. The minimum Gasteiger partial charge on any atom is -0.390 e. The average molecular weight is 317 g/mol. The van der Waals surface area contributed by atoms with Crippen LogP contribution < -0.4 is 5.32 Å². The number of nitrogens with zero attached hydrogens (tertiary/aromatic N) is 2. The SMILES string of the molecule is O[C@H]1[C@H](CNCc2ccc(Cn3cccn3)cc2)COC[C@H]1O. The first kappa shape index (κ1) is 16.1. The van der Waals surface area contributed by atoms with Gasteiger partial charge in [0.25, 0.3) is 0 Å². The molecule has 1 saturated heterocycles. The van der Waals surface area contributed by atoms with Crippen LogP contribution in [0.25, 0.3) is 0 Å². The van der Waals surface area contributed by atoms with Gasteiger partial charge in [-0.05, 0) is 17.2 Å². The van der Waals surface area contributed by atoms with Crippen LogP contribution in [-0.2, 0) is 17.8 Å². The number of benzene rings is 1. The van der Waals surface area contributed by atoms with Crippen LogP contribution in [0, 0.1) is 5.92 Å². The molecule has 1 aromatic heterocycles. The molecule has 124 valence electrons. The molecule has 1 aromatic carbocycles. The van der Waals surface area contributed by atoms with E-state index in [1.807, 2.05) is 16.9 Å². The first-order valence-electron chi connectivity index (χ1n) is 7.92. The van der Waals surface area contributed by atoms with Gasteiger partial charge in [-0.15, -0.1) is 0 Å². The summed E-state index contributed by atoms with van der Waals surface area (Å²) >= 11 is 0. The molecule has 23 heavy (non-hydrogen) atoms. The first-order chi connectivity index (χ1) is 11.2. The van der Waals surface area contributed by atoms with Crippen molar-refractivity contribution in [2.45, 2.75) is 25.3 Å². The second-order valence-electron chi connectivity index (χ2n) is 6.01. The van der Waals surface area contributed by atoms with E-state index in [2.05, 4.69) is 34.7 Å². The topological polar surface area (TPSA) is 79.5 Å². The molecule has 2 aromatic rings. The number of aliphatic hydroxyl groups excluding tert-OH is 2. The number of aromatic nitrogens is 2. The van der Waals surface area contributed by atoms with Crippen LogP contribution in [0.15, 0.2) is 42.7 Å². The summed E-state index contributed by atoms with van der Waals surface area (Å²) in [6.45, 7) is 2.81. The molecule has 1 aliphatic heterocycles. The number of aliphatic hydroxyl groups is 2. The molecule has 1 fully saturated rings. The fourth-order valence-electron chi connectivity index (χ4n) is 2.78. The van der Waals surface area contributed by atoms with Crippen LogP contribution in [0.1, 0.15) is 11.1 Å². The Hall–Kier alpha value is -1.73. The van der Waals surface area contributed by atoms with E-state index in [-0.39, 0.29) is 12.5 Å². The maximum absolute atomic E-state index is 9.92. The van der Waals surface area contributed by atoms with Crippen molar-refractivity contribution in [3.63, 3.8) is 0 Å². The normalized spacial score (nSPS) is 24.7. The van der Waals surface area contributed by atoms with Crippen LogP contribution >= 0.6 is 0 Å². The van der Waals surface area contributed by atoms with E-state index in [9.17, 15) is 10.2 Å². The molecule has 0 radical (unpaired) electrons. The summed E-state index contributed by atoms with van der Waals surface area (Å²) in [5.41, 5.74) is 2.39. The predicted octanol–water partition coefficient (Wildman–Crippen LogP) is 0.389. The van der Waals surface area contributed by atoms with E-state index in [1.54, 1.807) is 6.20 Å². The van der Waals surface area contributed by atoms with Crippen molar-refractivity contribution in [2.75, 3.05) is 19.8 Å². The summed E-state index contributed by atoms with van der Waals surface area (Å²) in [5, 5.41) is 27.0. The Kier molecular flexibility index (Phi) is 5.40. The number of hydrogen-bond donors (Lipinski definition) is 3. The summed E-state index contributed by atoms with van der Waals surface area (Å²) in [6, 6.07) is 10.3. The fourth-order valence-corrected chi connectivity index (χ4v) is 2.78. The van der Waals surface area contributed by atoms with E-state index in [0.29, 0.717) is 13.2 Å². The summed E-state index contributed by atoms with van der Waals surface area (Å²) in [4.78, 5) is 0. The second-order valence-corrected chi connectivity index (χ2v) is 6.01. The molecule has 0 saturated carbocycles. The molecule has 3 rings (SSSR count). The van der Waals surface area contributed by atoms with Crippen molar-refractivity contribution < 1.29 is 14.9 Å². The van der Waals surface area contributed by atoms with Crippen molar-refractivity contribution in [1.82, 2.24) is 15.1 Å². The summed E-state index contributed by atoms with van der Waals surface area (Å²) in [7, 11) is 0. The minimum atomic E-state index is -0.780. The highest BCUT2D eigenvalue weighted by molar-refractivity contribution is 5.22. The van der Waals surface area contributed by atoms with Crippen molar-refractivity contribution in [2.24, 2.45) is 5.92 Å². The van der Waals surface area contributed by atoms with Gasteiger partial charge >= 0.3 is 0 Å². The van der Waals surface area contributed by atoms with Crippen LogP contribution in [0.4, 0.5) is 0 Å². The molecule has 1 aliphatic rings. The molecular formula is C17H23N3O3. The number of nitrogens with one attached hydrogen (secondary N) is 1. The van der Waals surface area contributed by atoms with Crippen LogP contribution in [0.5, 0.6) is 0 Å². The van der Waals surface area contributed by atoms with Crippen molar-refractivity contribution in [3.8, 4) is 0 Å². The third-order valence-corrected chi connectivity index (χ3v) is 4.16. The third kappa shape index (κ3) is 4.39. The van der Waals surface area contributed by atoms with E-state index in [0.717, 1.165) is 13.1 Å². The monoisotopic (exact) mass is 317 g/mol. The van der Waals surface area contributed by atoms with Crippen LogP contribution in [-0.4, -0.2) is 52.0 Å². The highest BCUT2D eigenvalue weighted by Crippen LogP contribution is 2.14. The molecule has 0 aliphatic carbocycles. The van der Waals surface area contributed by atoms with Gasteiger partial charge in [-0.25, -0.2) is 0 Å². The molecule has 0 amide bonds. The maximum Gasteiger partial charge on any atom is 0.104 e. The van der Waals surface area contributed by atoms with Gasteiger partial charge in [0.05, 0.1) is 25.9 Å². The van der Waals surface area contributed by atoms with E-state index >= 15 is 0 Å². The summed E-state index contributed by atoms with van der Waals surface area (Å²) in [5.74, 6) is -0.0714. The van der Waals surface area contributed by atoms with Crippen molar-refractivity contribution in [1.29, 1.82) is 0 Å². The Morgan fingerprint density at radius 3 is 2.70 bits per heavy atom. The van der Waals surface area contributed by atoms with Crippen molar-refractivity contribution >= 4 is 0 Å². The highest BCUT2D eigenvalue weighted by atomic mass is 16.5. The van der Waals surface area contributed by atoms with E-state index in [4.69, 9.17) is 4.74 Å². The Balaban J connectivity index is 1.45. The van der Waals surface area contributed by atoms with Gasteiger partial charge < -0.3 is 20.3 Å². The highest BCUT2D eigenvalue weighted by Gasteiger charge is 2.30. The molecule has 0 spiro atoms. The number of rotatable bonds is 6.